The van der Waals surface area contributed by atoms with E-state index >= 15 is 0 Å². The van der Waals surface area contributed by atoms with Gasteiger partial charge in [-0.2, -0.15) is 0 Å². The van der Waals surface area contributed by atoms with Crippen molar-refractivity contribution >= 4 is 29.9 Å². The van der Waals surface area contributed by atoms with Gasteiger partial charge in [0.05, 0.1) is 6.04 Å². The highest BCUT2D eigenvalue weighted by molar-refractivity contribution is 5.94. The number of carbonyl (C=O) groups excluding carboxylic acids is 2. The fourth-order valence-electron chi connectivity index (χ4n) is 3.06. The van der Waals surface area contributed by atoms with Gasteiger partial charge in [0.25, 0.3) is 0 Å². The molecule has 3 N–H and O–H groups in total. The standard InChI is InChI=1S/C19H29N3O3.ClH/c1-13(2)22(14(3)23)12-15-4-6-17(7-5-15)21-19(24)18(20)16-8-10-25-11-9-16;/h4-7,13,16,18H,8-12,20H2,1-3H3,(H,21,24);1H. The fourth-order valence-corrected chi connectivity index (χ4v) is 3.06. The average molecular weight is 384 g/mol. The first-order chi connectivity index (χ1) is 11.9. The van der Waals surface area contributed by atoms with Crippen LogP contribution < -0.4 is 11.1 Å². The minimum atomic E-state index is -0.516. The summed E-state index contributed by atoms with van der Waals surface area (Å²) in [6.45, 7) is 7.46. The van der Waals surface area contributed by atoms with E-state index in [1.165, 1.54) is 0 Å². The first-order valence-electron chi connectivity index (χ1n) is 8.89. The predicted molar refractivity (Wildman–Crippen MR) is 105 cm³/mol. The molecule has 0 aliphatic carbocycles. The molecule has 1 aliphatic heterocycles. The van der Waals surface area contributed by atoms with Crippen LogP contribution in [0.1, 0.15) is 39.2 Å². The monoisotopic (exact) mass is 383 g/mol. The van der Waals surface area contributed by atoms with Crippen molar-refractivity contribution in [2.75, 3.05) is 18.5 Å². The van der Waals surface area contributed by atoms with Crippen LogP contribution >= 0.6 is 12.4 Å². The maximum Gasteiger partial charge on any atom is 0.241 e. The number of benzene rings is 1. The summed E-state index contributed by atoms with van der Waals surface area (Å²) >= 11 is 0. The van der Waals surface area contributed by atoms with Crippen molar-refractivity contribution in [2.45, 2.75) is 52.2 Å². The molecule has 0 bridgehead atoms. The molecule has 1 aliphatic rings. The van der Waals surface area contributed by atoms with Gasteiger partial charge in [0.1, 0.15) is 0 Å². The van der Waals surface area contributed by atoms with Gasteiger partial charge >= 0.3 is 0 Å². The Balaban J connectivity index is 0.00000338. The van der Waals surface area contributed by atoms with Gasteiger partial charge in [-0.1, -0.05) is 12.1 Å². The Labute approximate surface area is 161 Å². The van der Waals surface area contributed by atoms with E-state index in [-0.39, 0.29) is 36.2 Å². The molecular formula is C19H30ClN3O3. The number of nitrogens with zero attached hydrogens (tertiary/aromatic N) is 1. The number of halogens is 1. The van der Waals surface area contributed by atoms with Gasteiger partial charge in [-0.15, -0.1) is 12.4 Å². The molecule has 0 radical (unpaired) electrons. The molecule has 2 amide bonds. The van der Waals surface area contributed by atoms with Crippen molar-refractivity contribution in [1.82, 2.24) is 4.90 Å². The number of amides is 2. The maximum atomic E-state index is 12.3. The van der Waals surface area contributed by atoms with Crippen molar-refractivity contribution in [2.24, 2.45) is 11.7 Å². The van der Waals surface area contributed by atoms with Gasteiger partial charge < -0.3 is 20.7 Å². The Morgan fingerprint density at radius 3 is 2.31 bits per heavy atom. The summed E-state index contributed by atoms with van der Waals surface area (Å²) in [5.74, 6) is 0.0604. The number of nitrogens with one attached hydrogen (secondary N) is 1. The van der Waals surface area contributed by atoms with Crippen molar-refractivity contribution in [1.29, 1.82) is 0 Å². The summed E-state index contributed by atoms with van der Waals surface area (Å²) in [7, 11) is 0. The third-order valence-corrected chi connectivity index (χ3v) is 4.68. The van der Waals surface area contributed by atoms with Crippen LogP contribution in [-0.4, -0.2) is 42.0 Å². The zero-order valence-corrected chi connectivity index (χ0v) is 16.6. The number of anilines is 1. The number of ether oxygens (including phenoxy) is 1. The Hall–Kier alpha value is -1.63. The Bertz CT molecular complexity index is 586. The summed E-state index contributed by atoms with van der Waals surface area (Å²) in [6.07, 6.45) is 1.65. The molecule has 1 aromatic rings. The summed E-state index contributed by atoms with van der Waals surface area (Å²) in [5, 5.41) is 2.88. The topological polar surface area (TPSA) is 84.7 Å². The molecule has 1 fully saturated rings. The second-order valence-electron chi connectivity index (χ2n) is 6.90. The van der Waals surface area contributed by atoms with E-state index < -0.39 is 6.04 Å². The number of hydrogen-bond donors (Lipinski definition) is 2. The van der Waals surface area contributed by atoms with Crippen LogP contribution in [0.3, 0.4) is 0 Å². The highest BCUT2D eigenvalue weighted by Crippen LogP contribution is 2.19. The zero-order chi connectivity index (χ0) is 18.4. The van der Waals surface area contributed by atoms with E-state index in [1.807, 2.05) is 38.1 Å². The summed E-state index contributed by atoms with van der Waals surface area (Å²) in [4.78, 5) is 25.8. The molecule has 0 saturated carbocycles. The molecular weight excluding hydrogens is 354 g/mol. The molecule has 7 heteroatoms. The highest BCUT2D eigenvalue weighted by atomic mass is 35.5. The Morgan fingerprint density at radius 2 is 1.81 bits per heavy atom. The second kappa shape index (κ2) is 10.5. The van der Waals surface area contributed by atoms with E-state index in [0.29, 0.717) is 19.8 Å². The van der Waals surface area contributed by atoms with Crippen LogP contribution in [-0.2, 0) is 20.9 Å². The van der Waals surface area contributed by atoms with Gasteiger partial charge in [-0.05, 0) is 50.3 Å². The SMILES string of the molecule is CC(=O)N(Cc1ccc(NC(=O)C(N)C2CCOCC2)cc1)C(C)C.Cl. The fraction of sp³-hybridized carbons (Fsp3) is 0.579. The van der Waals surface area contributed by atoms with E-state index in [1.54, 1.807) is 11.8 Å². The summed E-state index contributed by atoms with van der Waals surface area (Å²) < 4.78 is 5.31. The zero-order valence-electron chi connectivity index (χ0n) is 15.7. The summed E-state index contributed by atoms with van der Waals surface area (Å²) in [5.41, 5.74) is 7.83. The van der Waals surface area contributed by atoms with Crippen molar-refractivity contribution in [3.63, 3.8) is 0 Å². The van der Waals surface area contributed by atoms with Crippen molar-refractivity contribution in [3.05, 3.63) is 29.8 Å². The van der Waals surface area contributed by atoms with E-state index in [2.05, 4.69) is 5.32 Å². The largest absolute Gasteiger partial charge is 0.381 e. The first-order valence-corrected chi connectivity index (χ1v) is 8.89. The third-order valence-electron chi connectivity index (χ3n) is 4.68. The number of rotatable bonds is 6. The molecule has 146 valence electrons. The molecule has 1 atom stereocenters. The second-order valence-corrected chi connectivity index (χ2v) is 6.90. The molecule has 6 nitrogen and oxygen atoms in total. The first kappa shape index (κ1) is 22.4. The molecule has 1 heterocycles. The van der Waals surface area contributed by atoms with Crippen LogP contribution in [0.25, 0.3) is 0 Å². The highest BCUT2D eigenvalue weighted by Gasteiger charge is 2.26. The lowest BCUT2D eigenvalue weighted by atomic mass is 9.92. The molecule has 1 unspecified atom stereocenters. The normalized spacial score (nSPS) is 15.9. The van der Waals surface area contributed by atoms with Gasteiger partial charge in [-0.25, -0.2) is 0 Å². The predicted octanol–water partition coefficient (Wildman–Crippen LogP) is 2.56. The van der Waals surface area contributed by atoms with E-state index in [0.717, 1.165) is 24.1 Å². The van der Waals surface area contributed by atoms with Crippen LogP contribution in [0.5, 0.6) is 0 Å². The molecule has 0 aromatic heterocycles. The minimum Gasteiger partial charge on any atom is -0.381 e. The Morgan fingerprint density at radius 1 is 1.23 bits per heavy atom. The molecule has 26 heavy (non-hydrogen) atoms. The maximum absolute atomic E-state index is 12.3. The lowest BCUT2D eigenvalue weighted by molar-refractivity contribution is -0.131. The van der Waals surface area contributed by atoms with Gasteiger partial charge in [0, 0.05) is 38.4 Å². The van der Waals surface area contributed by atoms with Crippen LogP contribution in [0, 0.1) is 5.92 Å². The van der Waals surface area contributed by atoms with Crippen molar-refractivity contribution in [3.8, 4) is 0 Å². The number of nitrogens with two attached hydrogens (primary N) is 1. The quantitative estimate of drug-likeness (QED) is 0.790. The average Bonchev–Trinajstić information content (AvgIpc) is 2.60. The molecule has 0 spiro atoms. The van der Waals surface area contributed by atoms with Gasteiger partial charge in [-0.3, -0.25) is 9.59 Å². The Kier molecular flexibility index (Phi) is 9.05. The van der Waals surface area contributed by atoms with Crippen molar-refractivity contribution < 1.29 is 14.3 Å². The molecule has 1 saturated heterocycles. The third kappa shape index (κ3) is 6.27. The van der Waals surface area contributed by atoms with Crippen LogP contribution in [0.2, 0.25) is 0 Å². The lowest BCUT2D eigenvalue weighted by Gasteiger charge is -2.27. The van der Waals surface area contributed by atoms with Crippen LogP contribution in [0.4, 0.5) is 5.69 Å². The van der Waals surface area contributed by atoms with E-state index in [4.69, 9.17) is 10.5 Å². The smallest absolute Gasteiger partial charge is 0.241 e. The molecule has 2 rings (SSSR count). The summed E-state index contributed by atoms with van der Waals surface area (Å²) in [6, 6.07) is 7.18. The van der Waals surface area contributed by atoms with Crippen LogP contribution in [0.15, 0.2) is 24.3 Å². The number of hydrogen-bond acceptors (Lipinski definition) is 4. The van der Waals surface area contributed by atoms with E-state index in [9.17, 15) is 9.59 Å². The van der Waals surface area contributed by atoms with Gasteiger partial charge in [0.15, 0.2) is 0 Å². The number of carbonyl (C=O) groups is 2. The minimum absolute atomic E-state index is 0. The van der Waals surface area contributed by atoms with Gasteiger partial charge in [0.2, 0.25) is 11.8 Å². The lowest BCUT2D eigenvalue weighted by Crippen LogP contribution is -2.44. The molecule has 1 aromatic carbocycles.